The molecule has 0 aromatic heterocycles. The number of hydrogen-bond acceptors (Lipinski definition) is 3. The molecule has 0 aliphatic carbocycles. The van der Waals surface area contributed by atoms with Gasteiger partial charge in [0, 0.05) is 12.8 Å². The predicted octanol–water partition coefficient (Wildman–Crippen LogP) is 0.464. The summed E-state index contributed by atoms with van der Waals surface area (Å²) in [4.78, 5) is 22.2. The van der Waals surface area contributed by atoms with E-state index >= 15 is 0 Å². The summed E-state index contributed by atoms with van der Waals surface area (Å²) in [6, 6.07) is 0. The van der Waals surface area contributed by atoms with Crippen molar-refractivity contribution in [2.24, 2.45) is 5.92 Å². The Labute approximate surface area is 81.8 Å². The SMILES string of the molecule is CCC(=O)CC(CO)C(=O)NPP. The second kappa shape index (κ2) is 7.37. The predicted molar refractivity (Wildman–Crippen MR) is 56.7 cm³/mol. The molecule has 6 heteroatoms. The van der Waals surface area contributed by atoms with Crippen LogP contribution in [0.25, 0.3) is 0 Å². The van der Waals surface area contributed by atoms with Gasteiger partial charge in [0.2, 0.25) is 5.91 Å². The first-order chi connectivity index (χ1) is 6.15. The fourth-order valence-electron chi connectivity index (χ4n) is 0.833. The number of ketones is 1. The summed E-state index contributed by atoms with van der Waals surface area (Å²) < 4.78 is 0. The maximum Gasteiger partial charge on any atom is 0.229 e. The Morgan fingerprint density at radius 2 is 2.23 bits per heavy atom. The molecule has 13 heavy (non-hydrogen) atoms. The van der Waals surface area contributed by atoms with E-state index in [9.17, 15) is 9.59 Å². The van der Waals surface area contributed by atoms with Crippen LogP contribution in [0.2, 0.25) is 0 Å². The zero-order chi connectivity index (χ0) is 10.3. The van der Waals surface area contributed by atoms with Gasteiger partial charge in [-0.1, -0.05) is 15.9 Å². The van der Waals surface area contributed by atoms with Crippen LogP contribution in [0.5, 0.6) is 0 Å². The number of nitrogens with one attached hydrogen (secondary N) is 1. The van der Waals surface area contributed by atoms with Gasteiger partial charge in [-0.3, -0.25) is 9.59 Å². The standard InChI is InChI=1S/C7H15NO3P2/c1-2-6(10)3-5(4-9)7(11)8-13-12/h5,9,13H,2-4,12H2,1H3,(H,8,11). The number of aliphatic hydroxyl groups excluding tert-OH is 1. The molecular formula is C7H15NO3P2. The third kappa shape index (κ3) is 5.30. The Kier molecular flexibility index (Phi) is 7.35. The zero-order valence-corrected chi connectivity index (χ0v) is 9.69. The maximum atomic E-state index is 11.2. The molecule has 76 valence electrons. The van der Waals surface area contributed by atoms with Crippen LogP contribution < -0.4 is 5.09 Å². The van der Waals surface area contributed by atoms with Gasteiger partial charge in [-0.15, -0.1) is 0 Å². The highest BCUT2D eigenvalue weighted by atomic mass is 32.0. The van der Waals surface area contributed by atoms with Crippen LogP contribution >= 0.6 is 17.3 Å². The summed E-state index contributed by atoms with van der Waals surface area (Å²) in [7, 11) is 2.60. The Hall–Kier alpha value is -0.0400. The van der Waals surface area contributed by atoms with Gasteiger partial charge in [0.15, 0.2) is 0 Å². The first-order valence-electron chi connectivity index (χ1n) is 4.03. The van der Waals surface area contributed by atoms with Gasteiger partial charge in [0.05, 0.1) is 12.5 Å². The maximum absolute atomic E-state index is 11.2. The Morgan fingerprint density at radius 1 is 1.62 bits per heavy atom. The molecule has 1 amide bonds. The number of amides is 1. The third-order valence-corrected chi connectivity index (χ3v) is 2.48. The lowest BCUT2D eigenvalue weighted by molar-refractivity contribution is -0.129. The van der Waals surface area contributed by atoms with Crippen molar-refractivity contribution < 1.29 is 14.7 Å². The van der Waals surface area contributed by atoms with Crippen molar-refractivity contribution >= 4 is 29.0 Å². The highest BCUT2D eigenvalue weighted by Crippen LogP contribution is 2.16. The van der Waals surface area contributed by atoms with Crippen molar-refractivity contribution in [2.75, 3.05) is 6.61 Å². The summed E-state index contributed by atoms with van der Waals surface area (Å²) in [6.07, 6.45) is 0.543. The molecule has 0 radical (unpaired) electrons. The van der Waals surface area contributed by atoms with Gasteiger partial charge in [0.25, 0.3) is 0 Å². The molecule has 3 atom stereocenters. The molecule has 2 N–H and O–H groups in total. The van der Waals surface area contributed by atoms with Gasteiger partial charge in [-0.25, -0.2) is 0 Å². The molecule has 0 saturated heterocycles. The quantitative estimate of drug-likeness (QED) is 0.643. The van der Waals surface area contributed by atoms with E-state index in [-0.39, 0.29) is 33.1 Å². The number of carbonyl (C=O) groups excluding carboxylic acids is 2. The lowest BCUT2D eigenvalue weighted by Crippen LogP contribution is -2.28. The topological polar surface area (TPSA) is 66.4 Å². The van der Waals surface area contributed by atoms with E-state index < -0.39 is 5.92 Å². The molecule has 0 aliphatic rings. The Bertz CT molecular complexity index is 187. The van der Waals surface area contributed by atoms with E-state index in [0.29, 0.717) is 6.42 Å². The minimum atomic E-state index is -0.583. The summed E-state index contributed by atoms with van der Waals surface area (Å²) >= 11 is 0. The number of carbonyl (C=O) groups is 2. The minimum Gasteiger partial charge on any atom is -0.396 e. The van der Waals surface area contributed by atoms with Gasteiger partial charge < -0.3 is 10.2 Å². The Morgan fingerprint density at radius 3 is 2.62 bits per heavy atom. The van der Waals surface area contributed by atoms with Crippen LogP contribution in [0.15, 0.2) is 0 Å². The van der Waals surface area contributed by atoms with E-state index in [1.54, 1.807) is 6.92 Å². The Balaban J connectivity index is 4.01. The second-order valence-corrected chi connectivity index (χ2v) is 4.01. The van der Waals surface area contributed by atoms with Crippen molar-refractivity contribution in [3.05, 3.63) is 0 Å². The molecule has 0 spiro atoms. The largest absolute Gasteiger partial charge is 0.396 e. The average molecular weight is 223 g/mol. The smallest absolute Gasteiger partial charge is 0.229 e. The zero-order valence-electron chi connectivity index (χ0n) is 7.54. The molecule has 0 bridgehead atoms. The van der Waals surface area contributed by atoms with E-state index in [4.69, 9.17) is 5.11 Å². The van der Waals surface area contributed by atoms with Crippen molar-refractivity contribution in [1.82, 2.24) is 5.09 Å². The second-order valence-electron chi connectivity index (χ2n) is 2.61. The van der Waals surface area contributed by atoms with Gasteiger partial charge in [-0.2, -0.15) is 0 Å². The molecule has 0 aromatic rings. The summed E-state index contributed by atoms with van der Waals surface area (Å²) in [5.41, 5.74) is 0. The summed E-state index contributed by atoms with van der Waals surface area (Å²) in [5, 5.41) is 11.4. The van der Waals surface area contributed by atoms with Crippen LogP contribution in [-0.4, -0.2) is 23.4 Å². The first-order valence-corrected chi connectivity index (χ1v) is 6.84. The van der Waals surface area contributed by atoms with E-state index in [0.717, 1.165) is 0 Å². The highest BCUT2D eigenvalue weighted by molar-refractivity contribution is 8.02. The number of Topliss-reactive ketones (excluding diaryl/α,β-unsaturated/α-hetero) is 1. The normalized spacial score (nSPS) is 13.2. The lowest BCUT2D eigenvalue weighted by atomic mass is 10.0. The van der Waals surface area contributed by atoms with E-state index in [1.807, 2.05) is 0 Å². The van der Waals surface area contributed by atoms with E-state index in [1.165, 1.54) is 0 Å². The molecule has 0 fully saturated rings. The number of rotatable bonds is 6. The molecule has 0 aromatic carbocycles. The van der Waals surface area contributed by atoms with Crippen LogP contribution in [0.1, 0.15) is 19.8 Å². The van der Waals surface area contributed by atoms with Crippen molar-refractivity contribution in [3.63, 3.8) is 0 Å². The first kappa shape index (κ1) is 13.0. The fraction of sp³-hybridized carbons (Fsp3) is 0.714. The molecular weight excluding hydrogens is 208 g/mol. The van der Waals surface area contributed by atoms with Crippen molar-refractivity contribution in [2.45, 2.75) is 19.8 Å². The van der Waals surface area contributed by atoms with Gasteiger partial charge in [-0.05, 0) is 8.42 Å². The van der Waals surface area contributed by atoms with E-state index in [2.05, 4.69) is 14.0 Å². The summed E-state index contributed by atoms with van der Waals surface area (Å²) in [6.45, 7) is 1.47. The fourth-order valence-corrected chi connectivity index (χ4v) is 1.61. The highest BCUT2D eigenvalue weighted by Gasteiger charge is 2.19. The number of hydrogen-bond donors (Lipinski definition) is 2. The van der Waals surface area contributed by atoms with Gasteiger partial charge >= 0.3 is 0 Å². The van der Waals surface area contributed by atoms with Crippen LogP contribution in [0.4, 0.5) is 0 Å². The molecule has 0 aliphatic heterocycles. The summed E-state index contributed by atoms with van der Waals surface area (Å²) in [5.74, 6) is -0.834. The molecule has 0 heterocycles. The molecule has 0 saturated carbocycles. The third-order valence-electron chi connectivity index (χ3n) is 1.65. The molecule has 0 rings (SSSR count). The van der Waals surface area contributed by atoms with Crippen LogP contribution in [0, 0.1) is 5.92 Å². The van der Waals surface area contributed by atoms with Crippen LogP contribution in [0.3, 0.4) is 0 Å². The van der Waals surface area contributed by atoms with Crippen molar-refractivity contribution in [3.8, 4) is 0 Å². The van der Waals surface area contributed by atoms with Crippen LogP contribution in [-0.2, 0) is 9.59 Å². The number of aliphatic hydroxyl groups is 1. The minimum absolute atomic E-state index is 0.00119. The molecule has 3 unspecified atom stereocenters. The average Bonchev–Trinajstić information content (AvgIpc) is 2.14. The monoisotopic (exact) mass is 223 g/mol. The molecule has 4 nitrogen and oxygen atoms in total. The lowest BCUT2D eigenvalue weighted by Gasteiger charge is -2.11. The van der Waals surface area contributed by atoms with Gasteiger partial charge in [0.1, 0.15) is 5.78 Å². The van der Waals surface area contributed by atoms with Crippen molar-refractivity contribution in [1.29, 1.82) is 0 Å².